The van der Waals surface area contributed by atoms with E-state index in [1.807, 2.05) is 0 Å². The zero-order valence-electron chi connectivity index (χ0n) is 3.60. The van der Waals surface area contributed by atoms with Gasteiger partial charge in [0.2, 0.25) is 0 Å². The monoisotopic (exact) mass is 259 g/mol. The molecule has 0 aromatic heterocycles. The van der Waals surface area contributed by atoms with Crippen molar-refractivity contribution >= 4 is 23.0 Å². The van der Waals surface area contributed by atoms with Gasteiger partial charge in [0, 0.05) is 33.6 Å². The average Bonchev–Trinajstić information content (AvgIpc) is 1.00. The summed E-state index contributed by atoms with van der Waals surface area (Å²) < 4.78 is 8.34. The summed E-state index contributed by atoms with van der Waals surface area (Å²) in [5.41, 5.74) is 0. The van der Waals surface area contributed by atoms with E-state index >= 15 is 0 Å². The molecule has 0 bridgehead atoms. The van der Waals surface area contributed by atoms with Crippen LogP contribution in [0, 0.1) is 0 Å². The fourth-order valence-corrected chi connectivity index (χ4v) is 0. The average molecular weight is 260 g/mol. The molecule has 5 heavy (non-hydrogen) atoms. The molecular formula is H2LiMnNiOSb. The third-order valence-electron chi connectivity index (χ3n) is 0. The summed E-state index contributed by atoms with van der Waals surface area (Å²) in [6.45, 7) is 0. The molecule has 0 saturated carbocycles. The zero-order chi connectivity index (χ0) is 2.00. The van der Waals surface area contributed by atoms with Crippen molar-refractivity contribution in [1.82, 2.24) is 0 Å². The van der Waals surface area contributed by atoms with Gasteiger partial charge in [-0.05, 0) is 0 Å². The van der Waals surface area contributed by atoms with Crippen LogP contribution >= 0.6 is 0 Å². The van der Waals surface area contributed by atoms with Gasteiger partial charge in [-0.15, -0.1) is 0 Å². The second-order valence-electron chi connectivity index (χ2n) is 0. The van der Waals surface area contributed by atoms with Crippen molar-refractivity contribution in [2.24, 2.45) is 0 Å². The first-order valence-electron chi connectivity index (χ1n) is 0.204. The number of hydrogen-bond acceptors (Lipinski definition) is 1. The molecule has 0 heterocycles. The molecule has 0 aliphatic heterocycles. The third kappa shape index (κ3) is 22.4. The molecule has 1 radical (unpaired) electrons. The second kappa shape index (κ2) is 34.3. The van der Waals surface area contributed by atoms with Gasteiger partial charge < -0.3 is 1.43 Å². The maximum atomic E-state index is 8.34. The zero-order valence-corrected chi connectivity index (χ0v) is 7.62. The number of hydrogen-bond donors (Lipinski definition) is 0. The van der Waals surface area contributed by atoms with Gasteiger partial charge in [-0.2, -0.15) is 0 Å². The Bertz CT molecular complexity index is 15.5. The predicted molar refractivity (Wildman–Crippen MR) is 8.95 cm³/mol. The van der Waals surface area contributed by atoms with Gasteiger partial charge >= 0.3 is 44.9 Å². The molecule has 0 aliphatic carbocycles. The van der Waals surface area contributed by atoms with Gasteiger partial charge in [0.25, 0.3) is 0 Å². The fraction of sp³-hybridized carbons (Fsp3) is 0. The summed E-state index contributed by atoms with van der Waals surface area (Å²) in [4.78, 5) is 0. The minimum atomic E-state index is 0. The molecule has 0 rings (SSSR count). The molecule has 0 aromatic carbocycles. The topological polar surface area (TPSA) is 17.1 Å². The first-order valence-corrected chi connectivity index (χ1v) is 1.37. The Morgan fingerprint density at radius 3 is 1.40 bits per heavy atom. The molecule has 0 fully saturated rings. The van der Waals surface area contributed by atoms with Crippen LogP contribution in [-0.2, 0) is 36.6 Å². The van der Waals surface area contributed by atoms with E-state index in [9.17, 15) is 0 Å². The van der Waals surface area contributed by atoms with Crippen LogP contribution in [0.2, 0.25) is 0 Å². The third-order valence-corrected chi connectivity index (χ3v) is 0. The molecule has 0 aliphatic rings. The molecule has 0 N–H and O–H groups in total. The Hall–Kier alpha value is 2.23. The summed E-state index contributed by atoms with van der Waals surface area (Å²) in [6.07, 6.45) is 0. The van der Waals surface area contributed by atoms with Crippen LogP contribution in [0.4, 0.5) is 0 Å². The van der Waals surface area contributed by atoms with Gasteiger partial charge in [0.05, 0.1) is 0 Å². The maximum absolute atomic E-state index is 8.34. The van der Waals surface area contributed by atoms with Crippen LogP contribution in [0.3, 0.4) is 0 Å². The van der Waals surface area contributed by atoms with Gasteiger partial charge in [0.1, 0.15) is 0 Å². The molecule has 0 atom stereocenters. The molecule has 0 aromatic rings. The van der Waals surface area contributed by atoms with E-state index in [1.54, 1.807) is 0 Å². The predicted octanol–water partition coefficient (Wildman–Crippen LogP) is -3.66. The molecule has 0 saturated heterocycles. The summed E-state index contributed by atoms with van der Waals surface area (Å²) in [5, 5.41) is 0. The summed E-state index contributed by atoms with van der Waals surface area (Å²) >= 11 is 0.300. The van der Waals surface area contributed by atoms with E-state index in [1.165, 1.54) is 0 Å². The van der Waals surface area contributed by atoms with E-state index in [-0.39, 0.29) is 53.8 Å². The van der Waals surface area contributed by atoms with Crippen molar-refractivity contribution in [2.45, 2.75) is 0 Å². The van der Waals surface area contributed by atoms with Crippen molar-refractivity contribution in [2.75, 3.05) is 0 Å². The summed E-state index contributed by atoms with van der Waals surface area (Å²) in [5.74, 6) is 0. The van der Waals surface area contributed by atoms with Gasteiger partial charge in [-0.25, -0.2) is 0 Å². The molecule has 0 amide bonds. The standard InChI is InChI=1S/Li.Mn.Ni.O.Sb.2H/q+1;;;;;;-1. The van der Waals surface area contributed by atoms with Gasteiger partial charge in [0.15, 0.2) is 0 Å². The summed E-state index contributed by atoms with van der Waals surface area (Å²) in [7, 11) is 0. The number of rotatable bonds is 0. The van der Waals surface area contributed by atoms with Crippen LogP contribution in [0.1, 0.15) is 1.43 Å². The van der Waals surface area contributed by atoms with Crippen LogP contribution in [0.15, 0.2) is 0 Å². The van der Waals surface area contributed by atoms with Crippen LogP contribution in [-0.4, -0.2) is 23.0 Å². The Labute approximate surface area is 79.0 Å². The van der Waals surface area contributed by atoms with E-state index in [4.69, 9.17) is 3.02 Å². The van der Waals surface area contributed by atoms with Crippen LogP contribution < -0.4 is 18.9 Å². The first kappa shape index (κ1) is 26.9. The SMILES string of the molecule is [H-].[Li+].[Mn].[Ni].[O]=[SbH]. The van der Waals surface area contributed by atoms with Gasteiger partial charge in [-0.1, -0.05) is 0 Å². The molecule has 31 valence electrons. The molecule has 1 nitrogen and oxygen atoms in total. The Kier molecular flexibility index (Phi) is 184. The first-order chi connectivity index (χ1) is 1.00. The minimum absolute atomic E-state index is 0. The second-order valence-corrected chi connectivity index (χ2v) is 0. The van der Waals surface area contributed by atoms with E-state index in [0.29, 0.717) is 23.0 Å². The Balaban J connectivity index is -0.000000000833. The van der Waals surface area contributed by atoms with E-state index in [2.05, 4.69) is 0 Å². The molecule has 0 spiro atoms. The van der Waals surface area contributed by atoms with E-state index < -0.39 is 0 Å². The molecule has 5 heteroatoms. The quantitative estimate of drug-likeness (QED) is 0.411. The summed E-state index contributed by atoms with van der Waals surface area (Å²) in [6, 6.07) is 0. The van der Waals surface area contributed by atoms with Crippen LogP contribution in [0.5, 0.6) is 0 Å². The Morgan fingerprint density at radius 2 is 1.40 bits per heavy atom. The fourth-order valence-electron chi connectivity index (χ4n) is 0. The van der Waals surface area contributed by atoms with Gasteiger partial charge in [-0.3, -0.25) is 0 Å². The van der Waals surface area contributed by atoms with Crippen LogP contribution in [0.25, 0.3) is 0 Å². The molecule has 0 unspecified atom stereocenters. The van der Waals surface area contributed by atoms with Crippen molar-refractivity contribution < 1.29 is 56.9 Å². The Morgan fingerprint density at radius 1 is 1.40 bits per heavy atom. The normalized spacial score (nSPS) is 0.800. The van der Waals surface area contributed by atoms with Crippen molar-refractivity contribution in [1.29, 1.82) is 0 Å². The van der Waals surface area contributed by atoms with Crippen molar-refractivity contribution in [3.05, 3.63) is 0 Å². The molecular weight excluding hydrogens is 258 g/mol. The van der Waals surface area contributed by atoms with Crippen molar-refractivity contribution in [3.63, 3.8) is 0 Å². The van der Waals surface area contributed by atoms with Crippen molar-refractivity contribution in [3.8, 4) is 0 Å². The van der Waals surface area contributed by atoms with E-state index in [0.717, 1.165) is 0 Å².